The summed E-state index contributed by atoms with van der Waals surface area (Å²) in [4.78, 5) is 13.3. The summed E-state index contributed by atoms with van der Waals surface area (Å²) in [7, 11) is -2.38. The quantitative estimate of drug-likeness (QED) is 0.201. The third kappa shape index (κ3) is 7.84. The fourth-order valence-electron chi connectivity index (χ4n) is 5.92. The molecular formula is C35H37F3N4O4S. The Morgan fingerprint density at radius 3 is 2.45 bits per heavy atom. The van der Waals surface area contributed by atoms with Crippen LogP contribution in [0, 0.1) is 17.5 Å². The van der Waals surface area contributed by atoms with Crippen LogP contribution in [0.25, 0.3) is 11.1 Å². The highest BCUT2D eigenvalue weighted by Gasteiger charge is 2.38. The third-order valence-corrected chi connectivity index (χ3v) is 10.4. The second kappa shape index (κ2) is 14.7. The molecule has 0 unspecified atom stereocenters. The van der Waals surface area contributed by atoms with E-state index >= 15 is 4.39 Å². The van der Waals surface area contributed by atoms with Crippen molar-refractivity contribution in [2.75, 3.05) is 25.5 Å². The lowest BCUT2D eigenvalue weighted by Crippen LogP contribution is -2.58. The lowest BCUT2D eigenvalue weighted by Gasteiger charge is -2.40. The maximum Gasteiger partial charge on any atom is 0.243 e. The molecule has 4 aromatic rings. The lowest BCUT2D eigenvalue weighted by atomic mass is 9.99. The van der Waals surface area contributed by atoms with Crippen molar-refractivity contribution in [3.05, 3.63) is 114 Å². The van der Waals surface area contributed by atoms with E-state index in [0.29, 0.717) is 30.0 Å². The Kier molecular flexibility index (Phi) is 10.7. The van der Waals surface area contributed by atoms with E-state index in [1.165, 1.54) is 66.0 Å². The number of benzene rings is 4. The van der Waals surface area contributed by atoms with E-state index in [9.17, 15) is 22.0 Å². The first-order valence-electron chi connectivity index (χ1n) is 15.2. The fourth-order valence-corrected chi connectivity index (χ4v) is 7.76. The molecule has 0 radical (unpaired) electrons. The van der Waals surface area contributed by atoms with Gasteiger partial charge in [-0.25, -0.2) is 21.6 Å². The lowest BCUT2D eigenvalue weighted by molar-refractivity contribution is -0.117. The molecule has 12 heteroatoms. The minimum absolute atomic E-state index is 0.000640. The van der Waals surface area contributed by atoms with Crippen molar-refractivity contribution in [3.8, 4) is 16.9 Å². The number of piperazine rings is 1. The molecule has 0 aliphatic carbocycles. The summed E-state index contributed by atoms with van der Waals surface area (Å²) < 4.78 is 77.8. The molecule has 1 saturated heterocycles. The Balaban J connectivity index is 1.28. The molecule has 1 aliphatic rings. The number of hydrogen-bond acceptors (Lipinski definition) is 6. The number of sulfonamides is 1. The molecule has 1 fully saturated rings. The number of halogens is 3. The Bertz CT molecular complexity index is 1840. The molecule has 4 N–H and O–H groups in total. The van der Waals surface area contributed by atoms with E-state index in [0.717, 1.165) is 0 Å². The molecule has 1 aliphatic heterocycles. The number of nitrogens with two attached hydrogens (primary N) is 1. The zero-order valence-electron chi connectivity index (χ0n) is 26.1. The summed E-state index contributed by atoms with van der Waals surface area (Å²) in [5.41, 5.74) is 7.69. The van der Waals surface area contributed by atoms with E-state index in [4.69, 9.17) is 10.5 Å². The first-order chi connectivity index (χ1) is 22.5. The number of carbonyl (C=O) groups is 1. The second-order valence-electron chi connectivity index (χ2n) is 11.6. The smallest absolute Gasteiger partial charge is 0.243 e. The average molecular weight is 667 g/mol. The number of carbonyl (C=O) groups excluding carboxylic acids is 1. The van der Waals surface area contributed by atoms with Gasteiger partial charge in [0.2, 0.25) is 15.9 Å². The largest absolute Gasteiger partial charge is 0.497 e. The molecule has 1 heterocycles. The summed E-state index contributed by atoms with van der Waals surface area (Å²) in [6.45, 7) is 2.65. The van der Waals surface area contributed by atoms with Gasteiger partial charge in [0.25, 0.3) is 0 Å². The van der Waals surface area contributed by atoms with Gasteiger partial charge in [0.1, 0.15) is 23.2 Å². The Morgan fingerprint density at radius 2 is 1.74 bits per heavy atom. The van der Waals surface area contributed by atoms with Gasteiger partial charge in [0.15, 0.2) is 0 Å². The topological polar surface area (TPSA) is 114 Å². The van der Waals surface area contributed by atoms with Crippen molar-refractivity contribution < 1.29 is 31.1 Å². The summed E-state index contributed by atoms with van der Waals surface area (Å²) in [6.07, 6.45) is 0.415. The summed E-state index contributed by atoms with van der Waals surface area (Å²) in [5, 5.41) is 5.97. The van der Waals surface area contributed by atoms with Crippen molar-refractivity contribution in [1.29, 1.82) is 0 Å². The standard InChI is InChI=1S/C35H37F3N4O4S/c1-22-20-40-21-26(42(22)47(44,45)28-13-11-27(46-2)12-14-28)10-16-30-31(37)7-4-8-34(30)41-35(43)33(39)18-23-9-15-29(32(38)17-23)24-5-3-6-25(36)19-24/h3-9,11-15,17,19,22,26,33,40H,10,16,18,20-21,39H2,1-2H3,(H,41,43)/t22-,26-,33-/m0/s1. The van der Waals surface area contributed by atoms with Gasteiger partial charge in [-0.3, -0.25) is 4.79 Å². The van der Waals surface area contributed by atoms with Gasteiger partial charge in [0.05, 0.1) is 18.0 Å². The van der Waals surface area contributed by atoms with Gasteiger partial charge < -0.3 is 21.1 Å². The van der Waals surface area contributed by atoms with Gasteiger partial charge in [-0.2, -0.15) is 4.31 Å². The number of nitrogens with zero attached hydrogens (tertiary/aromatic N) is 1. The first-order valence-corrected chi connectivity index (χ1v) is 16.7. The van der Waals surface area contributed by atoms with E-state index in [1.807, 2.05) is 6.92 Å². The third-order valence-electron chi connectivity index (χ3n) is 8.31. The van der Waals surface area contributed by atoms with Gasteiger partial charge in [0, 0.05) is 42.0 Å². The van der Waals surface area contributed by atoms with Gasteiger partial charge in [-0.1, -0.05) is 30.3 Å². The molecule has 0 saturated carbocycles. The van der Waals surface area contributed by atoms with E-state index in [2.05, 4.69) is 10.6 Å². The van der Waals surface area contributed by atoms with Crippen LogP contribution < -0.4 is 21.1 Å². The highest BCUT2D eigenvalue weighted by molar-refractivity contribution is 7.89. The Hall–Kier alpha value is -4.23. The average Bonchev–Trinajstić information content (AvgIpc) is 3.04. The van der Waals surface area contributed by atoms with Crippen molar-refractivity contribution in [1.82, 2.24) is 9.62 Å². The summed E-state index contributed by atoms with van der Waals surface area (Å²) >= 11 is 0. The predicted molar refractivity (Wildman–Crippen MR) is 175 cm³/mol. The van der Waals surface area contributed by atoms with Crippen LogP contribution in [0.2, 0.25) is 0 Å². The maximum atomic E-state index is 15.2. The number of rotatable bonds is 11. The molecule has 1 amide bonds. The highest BCUT2D eigenvalue weighted by Crippen LogP contribution is 2.29. The number of anilines is 1. The Morgan fingerprint density at radius 1 is 1.00 bits per heavy atom. The highest BCUT2D eigenvalue weighted by atomic mass is 32.2. The number of hydrogen-bond donors (Lipinski definition) is 3. The Labute approximate surface area is 272 Å². The zero-order valence-corrected chi connectivity index (χ0v) is 26.9. The molecule has 8 nitrogen and oxygen atoms in total. The maximum absolute atomic E-state index is 15.2. The van der Waals surface area contributed by atoms with Crippen molar-refractivity contribution in [3.63, 3.8) is 0 Å². The molecule has 47 heavy (non-hydrogen) atoms. The van der Waals surface area contributed by atoms with Crippen LogP contribution in [0.1, 0.15) is 24.5 Å². The van der Waals surface area contributed by atoms with Crippen LogP contribution in [-0.2, 0) is 27.7 Å². The monoisotopic (exact) mass is 666 g/mol. The zero-order chi connectivity index (χ0) is 33.7. The SMILES string of the molecule is COc1ccc(S(=O)(=O)N2[C@@H](CCc3c(F)cccc3NC(=O)[C@@H](N)Cc3ccc(-c4cccc(F)c4)c(F)c3)CNC[C@@H]2C)cc1. The number of methoxy groups -OCH3 is 1. The minimum atomic E-state index is -3.88. The van der Waals surface area contributed by atoms with Crippen LogP contribution in [0.5, 0.6) is 5.75 Å². The number of ether oxygens (including phenoxy) is 1. The molecule has 0 aromatic heterocycles. The van der Waals surface area contributed by atoms with Crippen molar-refractivity contribution >= 4 is 21.6 Å². The molecular weight excluding hydrogens is 629 g/mol. The first kappa shape index (κ1) is 34.1. The molecule has 0 spiro atoms. The van der Waals surface area contributed by atoms with Crippen LogP contribution >= 0.6 is 0 Å². The van der Waals surface area contributed by atoms with Gasteiger partial charge in [-0.15, -0.1) is 0 Å². The van der Waals surface area contributed by atoms with Crippen molar-refractivity contribution in [2.45, 2.75) is 49.2 Å². The predicted octanol–water partition coefficient (Wildman–Crippen LogP) is 5.27. The van der Waals surface area contributed by atoms with Crippen molar-refractivity contribution in [2.24, 2.45) is 5.73 Å². The minimum Gasteiger partial charge on any atom is -0.497 e. The summed E-state index contributed by atoms with van der Waals surface area (Å²) in [6, 6.07) is 18.5. The molecule has 248 valence electrons. The molecule has 3 atom stereocenters. The number of nitrogens with one attached hydrogen (secondary N) is 2. The van der Waals surface area contributed by atoms with E-state index in [-0.39, 0.29) is 47.0 Å². The molecule has 0 bridgehead atoms. The fraction of sp³-hybridized carbons (Fsp3) is 0.286. The van der Waals surface area contributed by atoms with Crippen LogP contribution in [0.15, 0.2) is 89.8 Å². The van der Waals surface area contributed by atoms with Gasteiger partial charge in [-0.05, 0) is 91.9 Å². The second-order valence-corrected chi connectivity index (χ2v) is 13.4. The number of amides is 1. The molecule has 5 rings (SSSR count). The summed E-state index contributed by atoms with van der Waals surface area (Å²) in [5.74, 6) is -1.67. The van der Waals surface area contributed by atoms with Gasteiger partial charge >= 0.3 is 0 Å². The van der Waals surface area contributed by atoms with E-state index < -0.39 is 45.5 Å². The van der Waals surface area contributed by atoms with Crippen LogP contribution in [-0.4, -0.2) is 57.0 Å². The molecule has 4 aromatic carbocycles. The van der Waals surface area contributed by atoms with Crippen LogP contribution in [0.4, 0.5) is 18.9 Å². The normalized spacial score (nSPS) is 17.7. The van der Waals surface area contributed by atoms with E-state index in [1.54, 1.807) is 30.3 Å². The van der Waals surface area contributed by atoms with Crippen LogP contribution in [0.3, 0.4) is 0 Å².